The number of rotatable bonds is 5. The zero-order valence-electron chi connectivity index (χ0n) is 10.4. The van der Waals surface area contributed by atoms with Crippen molar-refractivity contribution < 1.29 is 18.4 Å². The summed E-state index contributed by atoms with van der Waals surface area (Å²) >= 11 is 3.23. The van der Waals surface area contributed by atoms with E-state index in [1.165, 1.54) is 13.3 Å². The molecule has 2 rings (SSSR count). The molecule has 0 fully saturated rings. The second-order valence-corrected chi connectivity index (χ2v) is 4.59. The number of pyridine rings is 2. The lowest BCUT2D eigenvalue weighted by molar-refractivity contribution is 0.257. The van der Waals surface area contributed by atoms with Crippen LogP contribution in [0.25, 0.3) is 0 Å². The molecule has 2 aromatic rings. The van der Waals surface area contributed by atoms with Gasteiger partial charge in [0.15, 0.2) is 23.2 Å². The van der Waals surface area contributed by atoms with E-state index in [0.29, 0.717) is 10.3 Å². The van der Waals surface area contributed by atoms with Crippen LogP contribution < -0.4 is 10.2 Å². The van der Waals surface area contributed by atoms with Crippen LogP contribution in [0.15, 0.2) is 29.1 Å². The van der Waals surface area contributed by atoms with Crippen LogP contribution in [0.4, 0.5) is 14.6 Å². The Morgan fingerprint density at radius 1 is 1.25 bits per heavy atom. The third-order valence-electron chi connectivity index (χ3n) is 2.34. The first kappa shape index (κ1) is 14.6. The summed E-state index contributed by atoms with van der Waals surface area (Å²) in [5.74, 6) is -0.953. The van der Waals surface area contributed by atoms with Gasteiger partial charge >= 0.3 is 0 Å². The van der Waals surface area contributed by atoms with Gasteiger partial charge in [-0.05, 0) is 22.0 Å². The molecule has 2 aromatic heterocycles. The standard InChI is InChI=1S/C12H10BrF2N3O2/c1-19-18-12-11(2-7(13)3-17-12)20-6-8-9(14)4-16-5-10(8)15/h2-5H,6H2,1H3,(H,17,18). The predicted molar refractivity (Wildman–Crippen MR) is 71.1 cm³/mol. The van der Waals surface area contributed by atoms with Crippen LogP contribution in [-0.4, -0.2) is 17.1 Å². The van der Waals surface area contributed by atoms with Crippen LogP contribution in [0.1, 0.15) is 5.56 Å². The van der Waals surface area contributed by atoms with Gasteiger partial charge in [0, 0.05) is 10.7 Å². The fourth-order valence-corrected chi connectivity index (χ4v) is 1.74. The van der Waals surface area contributed by atoms with Crippen molar-refractivity contribution in [2.45, 2.75) is 6.61 Å². The van der Waals surface area contributed by atoms with E-state index in [1.54, 1.807) is 6.07 Å². The van der Waals surface area contributed by atoms with Crippen LogP contribution in [-0.2, 0) is 11.4 Å². The zero-order chi connectivity index (χ0) is 14.5. The molecule has 0 saturated carbocycles. The Kier molecular flexibility index (Phi) is 4.80. The Labute approximate surface area is 122 Å². The van der Waals surface area contributed by atoms with E-state index in [9.17, 15) is 8.78 Å². The third-order valence-corrected chi connectivity index (χ3v) is 2.78. The van der Waals surface area contributed by atoms with Gasteiger partial charge in [-0.15, -0.1) is 0 Å². The number of nitrogens with zero attached hydrogens (tertiary/aromatic N) is 2. The summed E-state index contributed by atoms with van der Waals surface area (Å²) in [6.45, 7) is -0.295. The van der Waals surface area contributed by atoms with Crippen LogP contribution >= 0.6 is 15.9 Å². The molecule has 106 valence electrons. The van der Waals surface area contributed by atoms with E-state index in [2.05, 4.69) is 31.4 Å². The van der Waals surface area contributed by atoms with Crippen LogP contribution in [0.3, 0.4) is 0 Å². The number of hydrogen-bond donors (Lipinski definition) is 1. The van der Waals surface area contributed by atoms with Crippen molar-refractivity contribution in [2.24, 2.45) is 0 Å². The van der Waals surface area contributed by atoms with Crippen LogP contribution in [0.5, 0.6) is 5.75 Å². The van der Waals surface area contributed by atoms with Gasteiger partial charge in [0.05, 0.1) is 25.1 Å². The molecule has 0 aromatic carbocycles. The first-order chi connectivity index (χ1) is 9.61. The maximum Gasteiger partial charge on any atom is 0.192 e. The highest BCUT2D eigenvalue weighted by molar-refractivity contribution is 9.10. The molecule has 0 aliphatic carbocycles. The number of anilines is 1. The molecule has 0 saturated heterocycles. The van der Waals surface area contributed by atoms with E-state index < -0.39 is 11.6 Å². The smallest absolute Gasteiger partial charge is 0.192 e. The minimum atomic E-state index is -0.769. The van der Waals surface area contributed by atoms with Gasteiger partial charge in [-0.3, -0.25) is 9.82 Å². The first-order valence-corrected chi connectivity index (χ1v) is 6.26. The van der Waals surface area contributed by atoms with Crippen LogP contribution in [0.2, 0.25) is 0 Å². The Morgan fingerprint density at radius 3 is 2.60 bits per heavy atom. The topological polar surface area (TPSA) is 56.3 Å². The van der Waals surface area contributed by atoms with Gasteiger partial charge in [0.2, 0.25) is 0 Å². The number of ether oxygens (including phenoxy) is 1. The summed E-state index contributed by atoms with van der Waals surface area (Å²) in [5.41, 5.74) is 2.31. The lowest BCUT2D eigenvalue weighted by atomic mass is 10.2. The summed E-state index contributed by atoms with van der Waals surface area (Å²) < 4.78 is 32.9. The molecular formula is C12H10BrF2N3O2. The van der Waals surface area contributed by atoms with Gasteiger partial charge in [0.1, 0.15) is 6.61 Å². The Balaban J connectivity index is 2.20. The number of halogens is 3. The number of hydrogen-bond acceptors (Lipinski definition) is 5. The largest absolute Gasteiger partial charge is 0.485 e. The molecular weight excluding hydrogens is 336 g/mol. The maximum absolute atomic E-state index is 13.4. The SMILES string of the molecule is CONc1ncc(Br)cc1OCc1c(F)cncc1F. The highest BCUT2D eigenvalue weighted by atomic mass is 79.9. The second-order valence-electron chi connectivity index (χ2n) is 3.68. The third kappa shape index (κ3) is 3.40. The average molecular weight is 346 g/mol. The summed E-state index contributed by atoms with van der Waals surface area (Å²) in [4.78, 5) is 12.2. The Bertz CT molecular complexity index is 593. The Morgan fingerprint density at radius 2 is 1.95 bits per heavy atom. The number of aromatic nitrogens is 2. The molecule has 0 spiro atoms. The Hall–Kier alpha value is -1.80. The van der Waals surface area contributed by atoms with Crippen molar-refractivity contribution in [1.82, 2.24) is 9.97 Å². The molecule has 0 bridgehead atoms. The quantitative estimate of drug-likeness (QED) is 0.844. The molecule has 2 heterocycles. The fourth-order valence-electron chi connectivity index (χ4n) is 1.43. The maximum atomic E-state index is 13.4. The van der Waals surface area contributed by atoms with Gasteiger partial charge in [-0.25, -0.2) is 19.2 Å². The molecule has 20 heavy (non-hydrogen) atoms. The summed E-state index contributed by atoms with van der Waals surface area (Å²) in [6.07, 6.45) is 3.38. The molecule has 0 aliphatic rings. The second kappa shape index (κ2) is 6.58. The van der Waals surface area contributed by atoms with Gasteiger partial charge < -0.3 is 4.74 Å². The zero-order valence-corrected chi connectivity index (χ0v) is 11.9. The van der Waals surface area contributed by atoms with Crippen molar-refractivity contribution >= 4 is 21.7 Å². The van der Waals surface area contributed by atoms with Crippen molar-refractivity contribution in [3.8, 4) is 5.75 Å². The molecule has 0 aliphatic heterocycles. The molecule has 0 atom stereocenters. The molecule has 0 radical (unpaired) electrons. The monoisotopic (exact) mass is 345 g/mol. The van der Waals surface area contributed by atoms with E-state index >= 15 is 0 Å². The summed E-state index contributed by atoms with van der Waals surface area (Å²) in [6, 6.07) is 1.60. The van der Waals surface area contributed by atoms with Crippen molar-refractivity contribution in [3.63, 3.8) is 0 Å². The van der Waals surface area contributed by atoms with E-state index in [-0.39, 0.29) is 17.9 Å². The van der Waals surface area contributed by atoms with Gasteiger partial charge in [-0.1, -0.05) is 0 Å². The van der Waals surface area contributed by atoms with E-state index in [0.717, 1.165) is 12.4 Å². The van der Waals surface area contributed by atoms with Gasteiger partial charge in [0.25, 0.3) is 0 Å². The molecule has 8 heteroatoms. The lowest BCUT2D eigenvalue weighted by Crippen LogP contribution is -2.06. The number of nitrogens with one attached hydrogen (secondary N) is 1. The van der Waals surface area contributed by atoms with Crippen molar-refractivity contribution in [2.75, 3.05) is 12.6 Å². The molecule has 1 N–H and O–H groups in total. The highest BCUT2D eigenvalue weighted by Crippen LogP contribution is 2.27. The minimum absolute atomic E-state index is 0.205. The first-order valence-electron chi connectivity index (χ1n) is 5.47. The summed E-state index contributed by atoms with van der Waals surface area (Å²) in [5, 5.41) is 0. The minimum Gasteiger partial charge on any atom is -0.485 e. The predicted octanol–water partition coefficient (Wildman–Crippen LogP) is 3.07. The molecule has 5 nitrogen and oxygen atoms in total. The van der Waals surface area contributed by atoms with Crippen molar-refractivity contribution in [1.29, 1.82) is 0 Å². The van der Waals surface area contributed by atoms with Crippen molar-refractivity contribution in [3.05, 3.63) is 46.3 Å². The van der Waals surface area contributed by atoms with E-state index in [1.807, 2.05) is 0 Å². The normalized spacial score (nSPS) is 10.4. The van der Waals surface area contributed by atoms with E-state index in [4.69, 9.17) is 9.57 Å². The van der Waals surface area contributed by atoms with Gasteiger partial charge in [-0.2, -0.15) is 0 Å². The highest BCUT2D eigenvalue weighted by Gasteiger charge is 2.12. The summed E-state index contributed by atoms with van der Waals surface area (Å²) in [7, 11) is 1.41. The molecule has 0 amide bonds. The molecule has 0 unspecified atom stereocenters. The van der Waals surface area contributed by atoms with Crippen LogP contribution in [0, 0.1) is 11.6 Å². The fraction of sp³-hybridized carbons (Fsp3) is 0.167. The average Bonchev–Trinajstić information content (AvgIpc) is 2.41. The lowest BCUT2D eigenvalue weighted by Gasteiger charge is -2.12.